The maximum absolute atomic E-state index is 11.8. The number of primary sulfonamides is 1. The molecular weight excluding hydrogens is 346 g/mol. The Morgan fingerprint density at radius 2 is 1.83 bits per heavy atom. The highest BCUT2D eigenvalue weighted by Gasteiger charge is 2.17. The molecule has 1 aromatic rings. The van der Waals surface area contributed by atoms with Gasteiger partial charge in [-0.25, -0.2) is 26.7 Å². The van der Waals surface area contributed by atoms with Crippen molar-refractivity contribution in [1.82, 2.24) is 4.72 Å². The molecule has 10 heteroatoms. The van der Waals surface area contributed by atoms with Crippen molar-refractivity contribution in [3.63, 3.8) is 0 Å². The van der Waals surface area contributed by atoms with Gasteiger partial charge in [0.15, 0.2) is 0 Å². The Morgan fingerprint density at radius 3 is 2.33 bits per heavy atom. The Labute approximate surface area is 114 Å². The van der Waals surface area contributed by atoms with Gasteiger partial charge in [-0.15, -0.1) is 0 Å². The lowest BCUT2D eigenvalue weighted by atomic mass is 10.3. The maximum Gasteiger partial charge on any atom is 0.241 e. The minimum atomic E-state index is -3.80. The average molecular weight is 358 g/mol. The molecule has 0 atom stereocenters. The second kappa shape index (κ2) is 5.53. The Morgan fingerprint density at radius 1 is 1.22 bits per heavy atom. The normalized spacial score (nSPS) is 12.6. The van der Waals surface area contributed by atoms with E-state index in [-0.39, 0.29) is 11.4 Å². The number of nitrogens with two attached hydrogens (primary N) is 2. The first-order valence-electron chi connectivity index (χ1n) is 4.67. The van der Waals surface area contributed by atoms with Gasteiger partial charge in [0, 0.05) is 16.7 Å². The van der Waals surface area contributed by atoms with Crippen molar-refractivity contribution >= 4 is 41.7 Å². The topological polar surface area (TPSA) is 132 Å². The standard InChI is InChI=1S/C8H12BrN3O4S2/c9-7-5-6(10)1-2-8(7)18(15,16)12-3-4-17(11,13)14/h1-2,5,12H,3-4,10H2,(H2,11,13,14). The van der Waals surface area contributed by atoms with Crippen molar-refractivity contribution in [3.8, 4) is 0 Å². The van der Waals surface area contributed by atoms with E-state index in [4.69, 9.17) is 10.9 Å². The van der Waals surface area contributed by atoms with Crippen LogP contribution in [0.25, 0.3) is 0 Å². The van der Waals surface area contributed by atoms with Crippen molar-refractivity contribution in [2.45, 2.75) is 4.90 Å². The summed E-state index contributed by atoms with van der Waals surface area (Å²) in [6, 6.07) is 4.19. The lowest BCUT2D eigenvalue weighted by Crippen LogP contribution is -2.31. The Bertz CT molecular complexity index is 642. The number of hydrogen-bond donors (Lipinski definition) is 3. The van der Waals surface area contributed by atoms with Crippen LogP contribution in [0.4, 0.5) is 5.69 Å². The van der Waals surface area contributed by atoms with Crippen LogP contribution in [-0.4, -0.2) is 29.1 Å². The summed E-state index contributed by atoms with van der Waals surface area (Å²) in [6.45, 7) is -0.294. The number of anilines is 1. The monoisotopic (exact) mass is 357 g/mol. The molecule has 0 aliphatic heterocycles. The third kappa shape index (κ3) is 4.53. The number of rotatable bonds is 5. The molecule has 0 amide bonds. The van der Waals surface area contributed by atoms with Crippen molar-refractivity contribution in [3.05, 3.63) is 22.7 Å². The van der Waals surface area contributed by atoms with Crippen molar-refractivity contribution in [1.29, 1.82) is 0 Å². The van der Waals surface area contributed by atoms with E-state index in [1.165, 1.54) is 18.2 Å². The Balaban J connectivity index is 2.87. The maximum atomic E-state index is 11.8. The molecule has 0 unspecified atom stereocenters. The van der Waals surface area contributed by atoms with Gasteiger partial charge in [0.2, 0.25) is 20.0 Å². The van der Waals surface area contributed by atoms with Crippen LogP contribution in [0.1, 0.15) is 0 Å². The van der Waals surface area contributed by atoms with E-state index in [0.717, 1.165) is 0 Å². The molecule has 0 saturated heterocycles. The first kappa shape index (κ1) is 15.4. The summed E-state index contributed by atoms with van der Waals surface area (Å²) >= 11 is 3.07. The third-order valence-corrected chi connectivity index (χ3v) is 5.14. The fourth-order valence-electron chi connectivity index (χ4n) is 1.13. The largest absolute Gasteiger partial charge is 0.399 e. The second-order valence-corrected chi connectivity index (χ2v) is 7.78. The molecule has 1 aromatic carbocycles. The lowest BCUT2D eigenvalue weighted by Gasteiger charge is -2.08. The molecular formula is C8H12BrN3O4S2. The van der Waals surface area contributed by atoms with Crippen LogP contribution >= 0.6 is 15.9 Å². The third-order valence-electron chi connectivity index (χ3n) is 1.92. The number of halogens is 1. The predicted octanol–water partition coefficient (Wildman–Crippen LogP) is -0.402. The van der Waals surface area contributed by atoms with Crippen LogP contribution in [0.2, 0.25) is 0 Å². The number of nitrogens with one attached hydrogen (secondary N) is 1. The zero-order valence-electron chi connectivity index (χ0n) is 9.13. The molecule has 0 aliphatic carbocycles. The van der Waals surface area contributed by atoms with Gasteiger partial charge in [-0.2, -0.15) is 0 Å². The fourth-order valence-corrected chi connectivity index (χ4v) is 3.77. The summed E-state index contributed by atoms with van der Waals surface area (Å²) in [5, 5.41) is 4.76. The van der Waals surface area contributed by atoms with Gasteiger partial charge in [-0.05, 0) is 34.1 Å². The van der Waals surface area contributed by atoms with Gasteiger partial charge in [0.1, 0.15) is 0 Å². The highest BCUT2D eigenvalue weighted by atomic mass is 79.9. The molecule has 0 spiro atoms. The molecule has 0 radical (unpaired) electrons. The zero-order chi connectivity index (χ0) is 14.0. The molecule has 7 nitrogen and oxygen atoms in total. The first-order chi connectivity index (χ1) is 8.12. The summed E-state index contributed by atoms with van der Waals surface area (Å²) in [5.41, 5.74) is 5.89. The average Bonchev–Trinajstić information content (AvgIpc) is 2.13. The van der Waals surface area contributed by atoms with E-state index in [2.05, 4.69) is 20.7 Å². The molecule has 0 bridgehead atoms. The number of sulfonamides is 2. The number of benzene rings is 1. The number of nitrogen functional groups attached to an aromatic ring is 1. The minimum absolute atomic E-state index is 0.0221. The SMILES string of the molecule is Nc1ccc(S(=O)(=O)NCCS(N)(=O)=O)c(Br)c1. The van der Waals surface area contributed by atoms with Gasteiger partial charge in [0.05, 0.1) is 10.6 Å². The van der Waals surface area contributed by atoms with Crippen LogP contribution in [0.5, 0.6) is 0 Å². The van der Waals surface area contributed by atoms with Crippen LogP contribution in [0.3, 0.4) is 0 Å². The van der Waals surface area contributed by atoms with Crippen LogP contribution in [-0.2, 0) is 20.0 Å². The zero-order valence-corrected chi connectivity index (χ0v) is 12.3. The van der Waals surface area contributed by atoms with Crippen molar-refractivity contribution in [2.24, 2.45) is 5.14 Å². The Kier molecular flexibility index (Phi) is 4.72. The molecule has 1 rings (SSSR count). The molecule has 0 heterocycles. The summed E-state index contributed by atoms with van der Waals surface area (Å²) < 4.78 is 47.5. The molecule has 18 heavy (non-hydrogen) atoms. The second-order valence-electron chi connectivity index (χ2n) is 3.45. The summed E-state index contributed by atoms with van der Waals surface area (Å²) in [6.07, 6.45) is 0. The summed E-state index contributed by atoms with van der Waals surface area (Å²) in [4.78, 5) is -0.0221. The van der Waals surface area contributed by atoms with Gasteiger partial charge < -0.3 is 5.73 Å². The predicted molar refractivity (Wildman–Crippen MR) is 71.7 cm³/mol. The molecule has 5 N–H and O–H groups in total. The molecule has 0 fully saturated rings. The van der Waals surface area contributed by atoms with Crippen LogP contribution in [0.15, 0.2) is 27.6 Å². The summed E-state index contributed by atoms with van der Waals surface area (Å²) in [5.74, 6) is -0.473. The Hall–Kier alpha value is -0.680. The highest BCUT2D eigenvalue weighted by molar-refractivity contribution is 9.10. The van der Waals surface area contributed by atoms with Crippen LogP contribution in [0, 0.1) is 0 Å². The molecule has 102 valence electrons. The molecule has 0 saturated carbocycles. The summed E-state index contributed by atoms with van der Waals surface area (Å²) in [7, 11) is -7.51. The van der Waals surface area contributed by atoms with Crippen molar-refractivity contribution < 1.29 is 16.8 Å². The van der Waals surface area contributed by atoms with Gasteiger partial charge in [0.25, 0.3) is 0 Å². The van der Waals surface area contributed by atoms with E-state index < -0.39 is 25.8 Å². The van der Waals surface area contributed by atoms with Crippen molar-refractivity contribution in [2.75, 3.05) is 18.0 Å². The minimum Gasteiger partial charge on any atom is -0.399 e. The van der Waals surface area contributed by atoms with E-state index in [1.807, 2.05) is 0 Å². The van der Waals surface area contributed by atoms with E-state index in [1.54, 1.807) is 0 Å². The molecule has 0 aromatic heterocycles. The fraction of sp³-hybridized carbons (Fsp3) is 0.250. The smallest absolute Gasteiger partial charge is 0.241 e. The molecule has 0 aliphatic rings. The number of hydrogen-bond acceptors (Lipinski definition) is 5. The lowest BCUT2D eigenvalue weighted by molar-refractivity contribution is 0.581. The van der Waals surface area contributed by atoms with E-state index >= 15 is 0 Å². The van der Waals surface area contributed by atoms with Gasteiger partial charge in [-0.3, -0.25) is 0 Å². The van der Waals surface area contributed by atoms with Gasteiger partial charge in [-0.1, -0.05) is 0 Å². The quantitative estimate of drug-likeness (QED) is 0.616. The first-order valence-corrected chi connectivity index (χ1v) is 8.66. The van der Waals surface area contributed by atoms with E-state index in [0.29, 0.717) is 10.2 Å². The van der Waals surface area contributed by atoms with Crippen LogP contribution < -0.4 is 15.6 Å². The van der Waals surface area contributed by atoms with E-state index in [9.17, 15) is 16.8 Å². The highest BCUT2D eigenvalue weighted by Crippen LogP contribution is 2.23. The van der Waals surface area contributed by atoms with Gasteiger partial charge >= 0.3 is 0 Å².